The van der Waals surface area contributed by atoms with E-state index in [9.17, 15) is 22.4 Å². The van der Waals surface area contributed by atoms with Crippen LogP contribution in [0.1, 0.15) is 11.6 Å². The number of likely N-dealkylation sites (tertiary alicyclic amines) is 1. The molecule has 1 aliphatic heterocycles. The Morgan fingerprint density at radius 1 is 1.13 bits per heavy atom. The van der Waals surface area contributed by atoms with Crippen LogP contribution in [0.25, 0.3) is 33.4 Å². The fourth-order valence-corrected chi connectivity index (χ4v) is 4.45. The van der Waals surface area contributed by atoms with Crippen molar-refractivity contribution in [2.75, 3.05) is 33.7 Å². The third-order valence-electron chi connectivity index (χ3n) is 6.52. The predicted octanol–water partition coefficient (Wildman–Crippen LogP) is 4.41. The average molecular weight is 528 g/mol. The summed E-state index contributed by atoms with van der Waals surface area (Å²) in [7, 11) is 3.95. The molecular formula is C26H25F4N7O. The van der Waals surface area contributed by atoms with Gasteiger partial charge in [0.1, 0.15) is 11.2 Å². The fourth-order valence-electron chi connectivity index (χ4n) is 4.45. The molecule has 3 aromatic heterocycles. The average Bonchev–Trinajstić information content (AvgIpc) is 3.46. The number of hydrogen-bond donors (Lipinski definition) is 0. The van der Waals surface area contributed by atoms with Crippen molar-refractivity contribution in [2.24, 2.45) is 0 Å². The van der Waals surface area contributed by atoms with Gasteiger partial charge in [0.15, 0.2) is 5.83 Å². The van der Waals surface area contributed by atoms with Gasteiger partial charge < -0.3 is 9.80 Å². The number of carbonyl (C=O) groups is 1. The van der Waals surface area contributed by atoms with E-state index in [1.54, 1.807) is 17.1 Å². The number of alkyl halides is 3. The number of halogens is 4. The first-order valence-corrected chi connectivity index (χ1v) is 11.9. The molecule has 5 rings (SSSR count). The zero-order chi connectivity index (χ0) is 27.2. The van der Waals surface area contributed by atoms with E-state index in [-0.39, 0.29) is 19.1 Å². The van der Waals surface area contributed by atoms with Crippen LogP contribution < -0.4 is 0 Å². The lowest BCUT2D eigenvalue weighted by Crippen LogP contribution is -2.51. The Hall–Kier alpha value is -4.06. The summed E-state index contributed by atoms with van der Waals surface area (Å²) < 4.78 is 56.3. The Morgan fingerprint density at radius 3 is 2.47 bits per heavy atom. The molecule has 0 aliphatic carbocycles. The number of aromatic nitrogens is 5. The minimum absolute atomic E-state index is 0.210. The number of hydrogen-bond acceptors (Lipinski definition) is 5. The summed E-state index contributed by atoms with van der Waals surface area (Å²) in [5.74, 6) is -1.81. The summed E-state index contributed by atoms with van der Waals surface area (Å²) in [4.78, 5) is 19.9. The van der Waals surface area contributed by atoms with Crippen molar-refractivity contribution < 1.29 is 22.4 Å². The summed E-state index contributed by atoms with van der Waals surface area (Å²) in [6.45, 7) is 4.98. The van der Waals surface area contributed by atoms with Crippen molar-refractivity contribution in [3.8, 4) is 22.4 Å². The number of pyridine rings is 1. The predicted molar refractivity (Wildman–Crippen MR) is 134 cm³/mol. The molecule has 1 aromatic carbocycles. The maximum Gasteiger partial charge on any atom is 0.416 e. The normalized spacial score (nSPS) is 14.3. The van der Waals surface area contributed by atoms with Crippen LogP contribution in [0.15, 0.2) is 61.3 Å². The first-order chi connectivity index (χ1) is 18.0. The van der Waals surface area contributed by atoms with Gasteiger partial charge in [0.2, 0.25) is 0 Å². The highest BCUT2D eigenvalue weighted by atomic mass is 19.4. The van der Waals surface area contributed by atoms with Gasteiger partial charge in [-0.05, 0) is 32.3 Å². The zero-order valence-corrected chi connectivity index (χ0v) is 20.8. The van der Waals surface area contributed by atoms with Crippen LogP contribution >= 0.6 is 0 Å². The van der Waals surface area contributed by atoms with Crippen LogP contribution in [0.3, 0.4) is 0 Å². The molecule has 1 saturated heterocycles. The van der Waals surface area contributed by atoms with Gasteiger partial charge in [-0.1, -0.05) is 18.7 Å². The second kappa shape index (κ2) is 9.67. The molecule has 0 radical (unpaired) electrons. The quantitative estimate of drug-likeness (QED) is 0.263. The molecule has 198 valence electrons. The first kappa shape index (κ1) is 25.6. The third kappa shape index (κ3) is 4.78. The SMILES string of the molecule is C=C(F)C(=O)N1CC(n2nc(-c3ccc(C(F)(F)F)cc3)c3nccc(-c4cnn(CCN(C)C)c4)c32)C1. The summed E-state index contributed by atoms with van der Waals surface area (Å²) in [5.41, 5.74) is 2.89. The van der Waals surface area contributed by atoms with Gasteiger partial charge in [0.25, 0.3) is 5.91 Å². The zero-order valence-electron chi connectivity index (χ0n) is 20.8. The molecule has 38 heavy (non-hydrogen) atoms. The molecule has 0 bridgehead atoms. The van der Waals surface area contributed by atoms with Crippen LogP contribution in [0, 0.1) is 0 Å². The summed E-state index contributed by atoms with van der Waals surface area (Å²) in [6, 6.07) is 6.30. The molecule has 4 heterocycles. The molecule has 8 nitrogen and oxygen atoms in total. The largest absolute Gasteiger partial charge is 0.416 e. The lowest BCUT2D eigenvalue weighted by molar-refractivity contribution is -0.137. The monoisotopic (exact) mass is 527 g/mol. The summed E-state index contributed by atoms with van der Waals surface area (Å²) in [6.07, 6.45) is 0.818. The smallest absolute Gasteiger partial charge is 0.332 e. The number of fused-ring (bicyclic) bond motifs is 1. The van der Waals surface area contributed by atoms with Gasteiger partial charge in [-0.2, -0.15) is 23.4 Å². The molecule has 1 aliphatic rings. The number of likely N-dealkylation sites (N-methyl/N-ethyl adjacent to an activating group) is 1. The number of amides is 1. The standard InChI is InChI=1S/C26H25F4N7O/c1-16(27)25(38)35-14-20(15-35)37-24-21(18-12-32-36(13-18)11-10-34(2)3)8-9-31-23(24)22(33-37)17-4-6-19(7-5-17)26(28,29)30/h4-9,12-13,20H,1,10-11,14-15H2,2-3H3. The molecule has 4 aromatic rings. The van der Waals surface area contributed by atoms with Crippen molar-refractivity contribution in [2.45, 2.75) is 18.8 Å². The Labute approximate surface area is 215 Å². The Morgan fingerprint density at radius 2 is 1.84 bits per heavy atom. The summed E-state index contributed by atoms with van der Waals surface area (Å²) in [5, 5.41) is 9.21. The van der Waals surface area contributed by atoms with Crippen LogP contribution in [-0.4, -0.2) is 74.0 Å². The van der Waals surface area contributed by atoms with Gasteiger partial charge in [-0.3, -0.25) is 19.1 Å². The lowest BCUT2D eigenvalue weighted by atomic mass is 10.0. The Balaban J connectivity index is 1.59. The molecular weight excluding hydrogens is 502 g/mol. The highest BCUT2D eigenvalue weighted by molar-refractivity contribution is 5.99. The minimum Gasteiger partial charge on any atom is -0.332 e. The van der Waals surface area contributed by atoms with Gasteiger partial charge >= 0.3 is 6.18 Å². The second-order valence-corrected chi connectivity index (χ2v) is 9.49. The highest BCUT2D eigenvalue weighted by Gasteiger charge is 2.36. The van der Waals surface area contributed by atoms with E-state index in [0.29, 0.717) is 28.8 Å². The van der Waals surface area contributed by atoms with Crippen LogP contribution in [0.2, 0.25) is 0 Å². The number of benzene rings is 1. The van der Waals surface area contributed by atoms with E-state index in [2.05, 4.69) is 16.7 Å². The molecule has 1 amide bonds. The molecule has 0 spiro atoms. The molecule has 1 fully saturated rings. The highest BCUT2D eigenvalue weighted by Crippen LogP contribution is 2.38. The molecule has 12 heteroatoms. The van der Waals surface area contributed by atoms with Crippen LogP contribution in [0.4, 0.5) is 17.6 Å². The number of nitrogens with zero attached hydrogens (tertiary/aromatic N) is 7. The van der Waals surface area contributed by atoms with E-state index in [1.807, 2.05) is 35.9 Å². The molecule has 0 saturated carbocycles. The maximum atomic E-state index is 13.4. The van der Waals surface area contributed by atoms with Crippen LogP contribution in [-0.2, 0) is 17.5 Å². The van der Waals surface area contributed by atoms with Gasteiger partial charge in [-0.25, -0.2) is 4.39 Å². The second-order valence-electron chi connectivity index (χ2n) is 9.49. The van der Waals surface area contributed by atoms with E-state index in [1.165, 1.54) is 17.0 Å². The van der Waals surface area contributed by atoms with E-state index < -0.39 is 23.5 Å². The van der Waals surface area contributed by atoms with Gasteiger partial charge in [0, 0.05) is 48.7 Å². The first-order valence-electron chi connectivity index (χ1n) is 11.9. The van der Waals surface area contributed by atoms with Crippen molar-refractivity contribution in [3.05, 3.63) is 66.9 Å². The lowest BCUT2D eigenvalue weighted by Gasteiger charge is -2.39. The molecule has 0 N–H and O–H groups in total. The topological polar surface area (TPSA) is 72.1 Å². The number of carbonyl (C=O) groups excluding carboxylic acids is 1. The van der Waals surface area contributed by atoms with E-state index in [4.69, 9.17) is 5.10 Å². The maximum absolute atomic E-state index is 13.4. The third-order valence-corrected chi connectivity index (χ3v) is 6.52. The summed E-state index contributed by atoms with van der Waals surface area (Å²) >= 11 is 0. The van der Waals surface area contributed by atoms with Gasteiger partial charge in [0.05, 0.1) is 29.9 Å². The number of rotatable bonds is 7. The van der Waals surface area contributed by atoms with Crippen molar-refractivity contribution in [1.29, 1.82) is 0 Å². The fraction of sp³-hybridized carbons (Fsp3) is 0.308. The molecule has 0 atom stereocenters. The van der Waals surface area contributed by atoms with Crippen molar-refractivity contribution >= 4 is 16.9 Å². The van der Waals surface area contributed by atoms with Crippen molar-refractivity contribution in [3.63, 3.8) is 0 Å². The Kier molecular flexibility index (Phi) is 6.51. The van der Waals surface area contributed by atoms with Gasteiger partial charge in [-0.15, -0.1) is 0 Å². The van der Waals surface area contributed by atoms with E-state index in [0.717, 1.165) is 29.8 Å². The molecule has 0 unspecified atom stereocenters. The van der Waals surface area contributed by atoms with Crippen molar-refractivity contribution in [1.82, 2.24) is 34.3 Å². The minimum atomic E-state index is -4.46. The van der Waals surface area contributed by atoms with E-state index >= 15 is 0 Å². The Bertz CT molecular complexity index is 1500. The van der Waals surface area contributed by atoms with Crippen LogP contribution in [0.5, 0.6) is 0 Å².